The summed E-state index contributed by atoms with van der Waals surface area (Å²) in [6, 6.07) is 33.0. The molecule has 0 bridgehead atoms. The highest BCUT2D eigenvalue weighted by Crippen LogP contribution is 2.46. The van der Waals surface area contributed by atoms with Gasteiger partial charge in [-0.15, -0.1) is 11.3 Å². The van der Waals surface area contributed by atoms with Gasteiger partial charge in [0.05, 0.1) is 25.5 Å². The predicted octanol–water partition coefficient (Wildman–Crippen LogP) is 13.7. The Hall–Kier alpha value is -5.96. The molecule has 2 heteroatoms. The van der Waals surface area contributed by atoms with Crippen molar-refractivity contribution in [2.24, 2.45) is 0 Å². The number of fused-ring (bicyclic) bond motifs is 4. The highest BCUT2D eigenvalue weighted by Gasteiger charge is 2.20. The second-order valence-electron chi connectivity index (χ2n) is 11.3. The smallest absolute Gasteiger partial charge is 0.0645 e. The third-order valence-corrected chi connectivity index (χ3v) is 9.66. The number of benzene rings is 8. The van der Waals surface area contributed by atoms with Crippen LogP contribution >= 0.6 is 11.3 Å². The summed E-state index contributed by atoms with van der Waals surface area (Å²) in [5.41, 5.74) is 4.02. The minimum atomic E-state index is -0.663. The first-order valence-electron chi connectivity index (χ1n) is 21.0. The SMILES string of the molecule is [2H]c1c([2H])c(N(c2ccc(-c3ccccc3)c(-c3ccccc3)c2)c2cccc3c2sc2ccccc23)c([2H])c([2H])c1-c1c([2H])c([2H])c([2H])c2c([2H])c([2H])c([2H])c([2H])c12. The molecule has 0 amide bonds. The molecule has 0 atom stereocenters. The molecule has 0 N–H and O–H groups in total. The van der Waals surface area contributed by atoms with Crippen LogP contribution in [0, 0.1) is 0 Å². The number of rotatable bonds is 6. The minimum absolute atomic E-state index is 0.0823. The highest BCUT2D eigenvalue weighted by molar-refractivity contribution is 7.26. The molecular weight excluding hydrogens is 599 g/mol. The average molecular weight is 641 g/mol. The molecular formula is C46H31NS. The van der Waals surface area contributed by atoms with Gasteiger partial charge in [-0.05, 0) is 80.5 Å². The fourth-order valence-corrected chi connectivity index (χ4v) is 7.44. The fraction of sp³-hybridized carbons (Fsp3) is 0. The van der Waals surface area contributed by atoms with Crippen molar-refractivity contribution < 1.29 is 15.1 Å². The molecule has 0 spiro atoms. The van der Waals surface area contributed by atoms with Gasteiger partial charge in [0.25, 0.3) is 0 Å². The highest BCUT2D eigenvalue weighted by atomic mass is 32.1. The summed E-state index contributed by atoms with van der Waals surface area (Å²) in [5, 5.41) is 1.32. The Balaban J connectivity index is 1.38. The quantitative estimate of drug-likeness (QED) is 0.175. The van der Waals surface area contributed by atoms with Crippen molar-refractivity contribution in [1.82, 2.24) is 0 Å². The maximum absolute atomic E-state index is 9.68. The summed E-state index contributed by atoms with van der Waals surface area (Å²) < 4.78 is 101. The zero-order chi connectivity index (χ0) is 41.4. The molecule has 48 heavy (non-hydrogen) atoms. The van der Waals surface area contributed by atoms with E-state index in [0.29, 0.717) is 11.4 Å². The number of nitrogens with zero attached hydrogens (tertiary/aromatic N) is 1. The lowest BCUT2D eigenvalue weighted by molar-refractivity contribution is 1.30. The molecule has 1 nitrogen and oxygen atoms in total. The molecule has 0 fully saturated rings. The second kappa shape index (κ2) is 12.0. The van der Waals surface area contributed by atoms with Crippen LogP contribution in [-0.4, -0.2) is 0 Å². The normalized spacial score (nSPS) is 14.5. The van der Waals surface area contributed by atoms with Crippen molar-refractivity contribution in [3.05, 3.63) is 188 Å². The van der Waals surface area contributed by atoms with Gasteiger partial charge in [-0.2, -0.15) is 0 Å². The van der Waals surface area contributed by atoms with E-state index in [0.717, 1.165) is 42.4 Å². The van der Waals surface area contributed by atoms with E-state index < -0.39 is 72.0 Å². The maximum Gasteiger partial charge on any atom is 0.0645 e. The Bertz CT molecular complexity index is 3150. The Labute approximate surface area is 300 Å². The molecule has 0 aliphatic rings. The Morgan fingerprint density at radius 2 is 1.12 bits per heavy atom. The topological polar surface area (TPSA) is 3.24 Å². The van der Waals surface area contributed by atoms with E-state index in [4.69, 9.17) is 9.60 Å². The van der Waals surface area contributed by atoms with Crippen molar-refractivity contribution in [3.8, 4) is 33.4 Å². The van der Waals surface area contributed by atoms with Crippen molar-refractivity contribution in [2.45, 2.75) is 0 Å². The van der Waals surface area contributed by atoms with E-state index in [-0.39, 0.29) is 22.0 Å². The largest absolute Gasteiger partial charge is 0.309 e. The molecule has 0 saturated carbocycles. The summed E-state index contributed by atoms with van der Waals surface area (Å²) >= 11 is 1.55. The molecule has 0 aliphatic carbocycles. The van der Waals surface area contributed by atoms with Gasteiger partial charge in [0.2, 0.25) is 0 Å². The van der Waals surface area contributed by atoms with Gasteiger partial charge in [0.15, 0.2) is 0 Å². The first-order valence-corrected chi connectivity index (χ1v) is 16.3. The van der Waals surface area contributed by atoms with Crippen molar-refractivity contribution in [2.75, 3.05) is 4.90 Å². The lowest BCUT2D eigenvalue weighted by Crippen LogP contribution is -2.10. The van der Waals surface area contributed by atoms with Gasteiger partial charge in [-0.1, -0.05) is 151 Å². The van der Waals surface area contributed by atoms with Crippen molar-refractivity contribution in [3.63, 3.8) is 0 Å². The lowest BCUT2D eigenvalue weighted by Gasteiger charge is -2.27. The zero-order valence-electron chi connectivity index (χ0n) is 36.4. The summed E-state index contributed by atoms with van der Waals surface area (Å²) in [7, 11) is 0. The van der Waals surface area contributed by atoms with Gasteiger partial charge in [-0.3, -0.25) is 0 Å². The second-order valence-corrected chi connectivity index (χ2v) is 12.3. The Morgan fingerprint density at radius 3 is 1.94 bits per heavy atom. The fourth-order valence-electron chi connectivity index (χ4n) is 6.24. The van der Waals surface area contributed by atoms with E-state index in [1.54, 1.807) is 16.2 Å². The van der Waals surface area contributed by atoms with Crippen LogP contribution in [0.3, 0.4) is 0 Å². The van der Waals surface area contributed by atoms with Crippen LogP contribution in [0.4, 0.5) is 17.1 Å². The Kier molecular flexibility index (Phi) is 4.75. The average Bonchev–Trinajstić information content (AvgIpc) is 3.65. The molecule has 1 heterocycles. The van der Waals surface area contributed by atoms with Crippen LogP contribution < -0.4 is 4.90 Å². The first kappa shape index (κ1) is 19.0. The third-order valence-electron chi connectivity index (χ3n) is 8.45. The predicted molar refractivity (Wildman–Crippen MR) is 208 cm³/mol. The molecule has 9 aromatic rings. The minimum Gasteiger partial charge on any atom is -0.309 e. The van der Waals surface area contributed by atoms with E-state index in [9.17, 15) is 5.48 Å². The standard InChI is InChI=1S/C46H31NS/c1-3-13-32(14-4-1)40-30-29-37(31-43(40)34-15-5-2-6-16-34)47(44-23-12-22-42-41-20-9-10-24-45(41)48-46(42)44)36-27-25-35(26-28-36)39-21-11-18-33-17-7-8-19-38(33)39/h1-31H/i7D,8D,11D,17D,18D,19D,21D,25D,26D,27D,28D. The van der Waals surface area contributed by atoms with Crippen LogP contribution in [0.25, 0.3) is 64.3 Å². The zero-order valence-corrected chi connectivity index (χ0v) is 26.2. The van der Waals surface area contributed by atoms with Gasteiger partial charge in [0.1, 0.15) is 0 Å². The molecule has 226 valence electrons. The van der Waals surface area contributed by atoms with E-state index in [1.807, 2.05) is 121 Å². The summed E-state index contributed by atoms with van der Waals surface area (Å²) in [5.74, 6) is 0. The Morgan fingerprint density at radius 1 is 0.438 bits per heavy atom. The van der Waals surface area contributed by atoms with E-state index >= 15 is 0 Å². The number of hydrogen-bond donors (Lipinski definition) is 0. The summed E-state index contributed by atoms with van der Waals surface area (Å²) in [6.45, 7) is 0. The molecule has 0 aliphatic heterocycles. The van der Waals surface area contributed by atoms with Crippen LogP contribution in [-0.2, 0) is 0 Å². The summed E-state index contributed by atoms with van der Waals surface area (Å²) in [4.78, 5) is 1.73. The van der Waals surface area contributed by atoms with E-state index in [1.165, 1.54) is 0 Å². The first-order chi connectivity index (χ1) is 28.4. The van der Waals surface area contributed by atoms with Crippen LogP contribution in [0.15, 0.2) is 188 Å². The maximum atomic E-state index is 9.68. The molecule has 0 saturated heterocycles. The van der Waals surface area contributed by atoms with E-state index in [2.05, 4.69) is 0 Å². The van der Waals surface area contributed by atoms with Crippen LogP contribution in [0.2, 0.25) is 0 Å². The number of thiophene rings is 1. The number of anilines is 3. The van der Waals surface area contributed by atoms with Crippen molar-refractivity contribution >= 4 is 59.3 Å². The third kappa shape index (κ3) is 4.95. The number of hydrogen-bond acceptors (Lipinski definition) is 2. The van der Waals surface area contributed by atoms with Gasteiger partial charge < -0.3 is 4.90 Å². The molecule has 9 rings (SSSR count). The molecule has 0 unspecified atom stereocenters. The summed E-state index contributed by atoms with van der Waals surface area (Å²) in [6.07, 6.45) is 0. The molecule has 0 radical (unpaired) electrons. The monoisotopic (exact) mass is 640 g/mol. The van der Waals surface area contributed by atoms with Crippen LogP contribution in [0.1, 0.15) is 15.1 Å². The lowest BCUT2D eigenvalue weighted by atomic mass is 9.93. The van der Waals surface area contributed by atoms with Gasteiger partial charge >= 0.3 is 0 Å². The van der Waals surface area contributed by atoms with Gasteiger partial charge in [0, 0.05) is 26.8 Å². The molecule has 1 aromatic heterocycles. The van der Waals surface area contributed by atoms with Crippen molar-refractivity contribution in [1.29, 1.82) is 0 Å². The van der Waals surface area contributed by atoms with Gasteiger partial charge in [-0.25, -0.2) is 0 Å². The molecule has 8 aromatic carbocycles. The van der Waals surface area contributed by atoms with Crippen LogP contribution in [0.5, 0.6) is 0 Å².